The minimum absolute atomic E-state index is 0.0337. The summed E-state index contributed by atoms with van der Waals surface area (Å²) >= 11 is 0. The lowest BCUT2D eigenvalue weighted by Gasteiger charge is -2.30. The van der Waals surface area contributed by atoms with Crippen molar-refractivity contribution in [3.05, 3.63) is 35.4 Å². The Bertz CT molecular complexity index is 423. The van der Waals surface area contributed by atoms with Crippen LogP contribution < -0.4 is 0 Å². The van der Waals surface area contributed by atoms with Gasteiger partial charge in [0.05, 0.1) is 6.10 Å². The number of carbonyl (C=O) groups excluding carboxylic acids is 1. The molecule has 118 valence electrons. The van der Waals surface area contributed by atoms with Crippen LogP contribution in [0.2, 0.25) is 0 Å². The second kappa shape index (κ2) is 8.83. The number of piperidine rings is 1. The van der Waals surface area contributed by atoms with Crippen LogP contribution in [0.5, 0.6) is 0 Å². The van der Waals surface area contributed by atoms with E-state index in [-0.39, 0.29) is 12.0 Å². The highest BCUT2D eigenvalue weighted by molar-refractivity contribution is 5.94. The molecule has 1 aliphatic rings. The Hall–Kier alpha value is -1.35. The van der Waals surface area contributed by atoms with Crippen LogP contribution in [0.1, 0.15) is 56.5 Å². The van der Waals surface area contributed by atoms with Gasteiger partial charge in [-0.3, -0.25) is 4.79 Å². The van der Waals surface area contributed by atoms with E-state index in [1.165, 1.54) is 5.56 Å². The van der Waals surface area contributed by atoms with Gasteiger partial charge in [0.2, 0.25) is 0 Å². The molecule has 2 rings (SSSR count). The summed E-state index contributed by atoms with van der Waals surface area (Å²) in [4.78, 5) is 13.9. The first-order valence-electron chi connectivity index (χ1n) is 8.00. The molecule has 0 aromatic heterocycles. The van der Waals surface area contributed by atoms with Crippen molar-refractivity contribution < 1.29 is 9.90 Å². The first kappa shape index (κ1) is 17.7. The second-order valence-corrected chi connectivity index (χ2v) is 6.33. The maximum Gasteiger partial charge on any atom is 0.253 e. The molecule has 0 saturated carbocycles. The van der Waals surface area contributed by atoms with Crippen molar-refractivity contribution >= 4 is 5.91 Å². The number of nitrogens with zero attached hydrogens (tertiary/aromatic N) is 1. The van der Waals surface area contributed by atoms with Crippen LogP contribution in [-0.2, 0) is 6.42 Å². The van der Waals surface area contributed by atoms with Crippen LogP contribution in [0.15, 0.2) is 24.3 Å². The van der Waals surface area contributed by atoms with E-state index < -0.39 is 0 Å². The normalized spacial score (nSPS) is 18.2. The minimum atomic E-state index is -0.359. The summed E-state index contributed by atoms with van der Waals surface area (Å²) in [6, 6.07) is 7.74. The van der Waals surface area contributed by atoms with Crippen LogP contribution in [0.25, 0.3) is 0 Å². The minimum Gasteiger partial charge on any atom is -0.391 e. The molecule has 3 heteroatoms. The molecule has 0 radical (unpaired) electrons. The Labute approximate surface area is 129 Å². The van der Waals surface area contributed by atoms with Crippen LogP contribution >= 0.6 is 0 Å². The van der Waals surface area contributed by atoms with Crippen LogP contribution in [-0.4, -0.2) is 35.1 Å². The zero-order valence-electron chi connectivity index (χ0n) is 13.8. The number of β-amino-alcohol motifs (C(OH)–C–C–N with tert-alkyl or cyclic N) is 1. The Balaban J connectivity index is 0.000000491. The topological polar surface area (TPSA) is 40.5 Å². The summed E-state index contributed by atoms with van der Waals surface area (Å²) < 4.78 is 0. The number of likely N-dealkylation sites (tertiary alicyclic amines) is 1. The molecule has 1 amide bonds. The molecule has 0 aliphatic carbocycles. The molecular formula is C18H29NO2. The van der Waals surface area contributed by atoms with Gasteiger partial charge in [0.1, 0.15) is 0 Å². The molecule has 0 bridgehead atoms. The van der Waals surface area contributed by atoms with Crippen molar-refractivity contribution in [3.63, 3.8) is 0 Å². The number of carbonyl (C=O) groups is 1. The van der Waals surface area contributed by atoms with E-state index in [0.29, 0.717) is 6.54 Å². The van der Waals surface area contributed by atoms with Gasteiger partial charge in [-0.05, 0) is 42.9 Å². The number of aliphatic hydroxyl groups is 1. The average Bonchev–Trinajstić information content (AvgIpc) is 2.46. The molecule has 1 N–H and O–H groups in total. The van der Waals surface area contributed by atoms with E-state index in [9.17, 15) is 9.90 Å². The second-order valence-electron chi connectivity index (χ2n) is 6.33. The monoisotopic (exact) mass is 291 g/mol. The van der Waals surface area contributed by atoms with Gasteiger partial charge in [0, 0.05) is 18.7 Å². The zero-order chi connectivity index (χ0) is 15.8. The molecule has 1 heterocycles. The van der Waals surface area contributed by atoms with E-state index in [0.717, 1.165) is 37.3 Å². The molecule has 1 unspecified atom stereocenters. The summed E-state index contributed by atoms with van der Waals surface area (Å²) in [6.45, 7) is 9.82. The Morgan fingerprint density at radius 1 is 1.29 bits per heavy atom. The highest BCUT2D eigenvalue weighted by Gasteiger charge is 2.22. The van der Waals surface area contributed by atoms with E-state index in [1.54, 1.807) is 4.90 Å². The van der Waals surface area contributed by atoms with Crippen LogP contribution in [0, 0.1) is 5.92 Å². The molecule has 3 nitrogen and oxygen atoms in total. The number of hydrogen-bond acceptors (Lipinski definition) is 2. The van der Waals surface area contributed by atoms with E-state index in [4.69, 9.17) is 0 Å². The standard InChI is InChI=1S/C14H19NO2.C4H10/c1-2-11-5-7-12(8-6-11)14(17)15-9-3-4-13(16)10-15;1-4(2)3/h5-8,13,16H,2-4,9-10H2,1H3;4H,1-3H3. The maximum absolute atomic E-state index is 12.2. The molecule has 1 saturated heterocycles. The number of rotatable bonds is 2. The molecule has 0 spiro atoms. The Morgan fingerprint density at radius 3 is 2.33 bits per heavy atom. The zero-order valence-corrected chi connectivity index (χ0v) is 13.8. The van der Waals surface area contributed by atoms with Gasteiger partial charge in [-0.15, -0.1) is 0 Å². The number of aliphatic hydroxyl groups excluding tert-OH is 1. The quantitative estimate of drug-likeness (QED) is 0.906. The first-order chi connectivity index (χ1) is 9.93. The van der Waals surface area contributed by atoms with Crippen molar-refractivity contribution in [2.45, 2.75) is 53.1 Å². The third-order valence-corrected chi connectivity index (χ3v) is 3.29. The van der Waals surface area contributed by atoms with Gasteiger partial charge >= 0.3 is 0 Å². The van der Waals surface area contributed by atoms with E-state index in [2.05, 4.69) is 27.7 Å². The Kier molecular flexibility index (Phi) is 7.44. The summed E-state index contributed by atoms with van der Waals surface area (Å²) in [6.07, 6.45) is 2.32. The smallest absolute Gasteiger partial charge is 0.253 e. The third-order valence-electron chi connectivity index (χ3n) is 3.29. The summed E-state index contributed by atoms with van der Waals surface area (Å²) in [5.74, 6) is 0.867. The SMILES string of the molecule is CC(C)C.CCc1ccc(C(=O)N2CCCC(O)C2)cc1. The molecule has 21 heavy (non-hydrogen) atoms. The third kappa shape index (κ3) is 6.30. The maximum atomic E-state index is 12.2. The lowest BCUT2D eigenvalue weighted by Crippen LogP contribution is -2.42. The molecular weight excluding hydrogens is 262 g/mol. The van der Waals surface area contributed by atoms with Gasteiger partial charge in [0.25, 0.3) is 5.91 Å². The van der Waals surface area contributed by atoms with E-state index >= 15 is 0 Å². The van der Waals surface area contributed by atoms with Crippen molar-refractivity contribution in [3.8, 4) is 0 Å². The molecule has 1 aliphatic heterocycles. The molecule has 1 aromatic rings. The summed E-state index contributed by atoms with van der Waals surface area (Å²) in [5, 5.41) is 9.56. The average molecular weight is 291 g/mol. The predicted octanol–water partition coefficient (Wildman–Crippen LogP) is 3.51. The van der Waals surface area contributed by atoms with Crippen molar-refractivity contribution in [1.82, 2.24) is 4.90 Å². The molecule has 1 fully saturated rings. The summed E-state index contributed by atoms with van der Waals surface area (Å²) in [7, 11) is 0. The number of benzene rings is 1. The highest BCUT2D eigenvalue weighted by Crippen LogP contribution is 2.14. The lowest BCUT2D eigenvalue weighted by molar-refractivity contribution is 0.0474. The molecule has 1 atom stereocenters. The summed E-state index contributed by atoms with van der Waals surface area (Å²) in [5.41, 5.74) is 1.96. The largest absolute Gasteiger partial charge is 0.391 e. The molecule has 1 aromatic carbocycles. The first-order valence-corrected chi connectivity index (χ1v) is 8.00. The van der Waals surface area contributed by atoms with Gasteiger partial charge in [0.15, 0.2) is 0 Å². The van der Waals surface area contributed by atoms with Gasteiger partial charge in [-0.1, -0.05) is 39.8 Å². The fourth-order valence-corrected chi connectivity index (χ4v) is 2.20. The highest BCUT2D eigenvalue weighted by atomic mass is 16.3. The van der Waals surface area contributed by atoms with Crippen LogP contribution in [0.4, 0.5) is 0 Å². The van der Waals surface area contributed by atoms with Crippen molar-refractivity contribution in [2.24, 2.45) is 5.92 Å². The number of aryl methyl sites for hydroxylation is 1. The van der Waals surface area contributed by atoms with Gasteiger partial charge in [-0.25, -0.2) is 0 Å². The van der Waals surface area contributed by atoms with E-state index in [1.807, 2.05) is 24.3 Å². The lowest BCUT2D eigenvalue weighted by atomic mass is 10.1. The fraction of sp³-hybridized carbons (Fsp3) is 0.611. The predicted molar refractivity (Wildman–Crippen MR) is 87.5 cm³/mol. The van der Waals surface area contributed by atoms with Crippen molar-refractivity contribution in [2.75, 3.05) is 13.1 Å². The van der Waals surface area contributed by atoms with Crippen LogP contribution in [0.3, 0.4) is 0 Å². The number of hydrogen-bond donors (Lipinski definition) is 1. The van der Waals surface area contributed by atoms with Gasteiger partial charge in [-0.2, -0.15) is 0 Å². The number of amides is 1. The fourth-order valence-electron chi connectivity index (χ4n) is 2.20. The van der Waals surface area contributed by atoms with Gasteiger partial charge < -0.3 is 10.0 Å². The van der Waals surface area contributed by atoms with Crippen molar-refractivity contribution in [1.29, 1.82) is 0 Å². The Morgan fingerprint density at radius 2 is 1.86 bits per heavy atom.